The van der Waals surface area contributed by atoms with Gasteiger partial charge in [-0.1, -0.05) is 0 Å². The van der Waals surface area contributed by atoms with E-state index in [0.29, 0.717) is 0 Å². The third-order valence-electron chi connectivity index (χ3n) is 3.98. The Balaban J connectivity index is 2.01. The molecule has 0 atom stereocenters. The number of nitrogens with zero attached hydrogens (tertiary/aromatic N) is 3. The van der Waals surface area contributed by atoms with Crippen molar-refractivity contribution in [2.24, 2.45) is 7.05 Å². The van der Waals surface area contributed by atoms with Gasteiger partial charge < -0.3 is 19.9 Å². The topological polar surface area (TPSA) is 53.3 Å². The van der Waals surface area contributed by atoms with Gasteiger partial charge in [-0.2, -0.15) is 0 Å². The van der Waals surface area contributed by atoms with Gasteiger partial charge in [-0.05, 0) is 51.3 Å². The first-order valence-corrected chi connectivity index (χ1v) is 7.52. The maximum atomic E-state index is 9.81. The van der Waals surface area contributed by atoms with Crippen molar-refractivity contribution in [3.63, 3.8) is 0 Å². The molecule has 3 aromatic rings. The van der Waals surface area contributed by atoms with Crippen molar-refractivity contribution in [2.45, 2.75) is 6.42 Å². The van der Waals surface area contributed by atoms with E-state index in [4.69, 9.17) is 0 Å². The van der Waals surface area contributed by atoms with Gasteiger partial charge in [0.1, 0.15) is 11.6 Å². The number of hydrogen-bond donors (Lipinski definition) is 2. The van der Waals surface area contributed by atoms with Gasteiger partial charge in [-0.15, -0.1) is 0 Å². The van der Waals surface area contributed by atoms with Crippen LogP contribution in [0.3, 0.4) is 0 Å². The van der Waals surface area contributed by atoms with Crippen LogP contribution >= 0.6 is 0 Å². The summed E-state index contributed by atoms with van der Waals surface area (Å²) in [5.74, 6) is 1.16. The number of rotatable bonds is 5. The normalized spacial score (nSPS) is 11.6. The molecular weight excluding hydrogens is 276 g/mol. The van der Waals surface area contributed by atoms with Gasteiger partial charge in [0.05, 0.1) is 10.9 Å². The van der Waals surface area contributed by atoms with E-state index in [0.717, 1.165) is 47.1 Å². The minimum atomic E-state index is 0.280. The molecule has 0 aliphatic heterocycles. The van der Waals surface area contributed by atoms with Crippen molar-refractivity contribution in [2.75, 3.05) is 32.5 Å². The Kier molecular flexibility index (Phi) is 3.90. The highest BCUT2D eigenvalue weighted by atomic mass is 16.3. The zero-order chi connectivity index (χ0) is 15.7. The molecule has 2 aromatic heterocycles. The Hall–Kier alpha value is -2.27. The number of nitrogens with one attached hydrogen (secondary N) is 1. The van der Waals surface area contributed by atoms with Crippen molar-refractivity contribution in [3.05, 3.63) is 30.5 Å². The molecular formula is C17H22N4O. The minimum Gasteiger partial charge on any atom is -0.508 e. The average Bonchev–Trinajstić information content (AvgIpc) is 2.77. The Bertz CT molecular complexity index is 807. The largest absolute Gasteiger partial charge is 0.508 e. The Morgan fingerprint density at radius 3 is 2.82 bits per heavy atom. The molecule has 0 aliphatic carbocycles. The number of aromatic hydroxyl groups is 1. The fourth-order valence-corrected chi connectivity index (χ4v) is 2.88. The van der Waals surface area contributed by atoms with Gasteiger partial charge in [-0.3, -0.25) is 0 Å². The summed E-state index contributed by atoms with van der Waals surface area (Å²) in [5, 5.41) is 15.3. The monoisotopic (exact) mass is 298 g/mol. The van der Waals surface area contributed by atoms with Crippen LogP contribution in [0, 0.1) is 0 Å². The van der Waals surface area contributed by atoms with E-state index < -0.39 is 0 Å². The molecule has 0 saturated carbocycles. The molecule has 0 amide bonds. The van der Waals surface area contributed by atoms with E-state index in [1.165, 1.54) is 0 Å². The summed E-state index contributed by atoms with van der Waals surface area (Å²) in [4.78, 5) is 6.67. The van der Waals surface area contributed by atoms with Crippen LogP contribution in [-0.4, -0.2) is 46.7 Å². The quantitative estimate of drug-likeness (QED) is 0.711. The highest BCUT2D eigenvalue weighted by Gasteiger charge is 2.13. The lowest BCUT2D eigenvalue weighted by atomic mass is 10.1. The molecule has 5 heteroatoms. The lowest BCUT2D eigenvalue weighted by Gasteiger charge is -2.11. The van der Waals surface area contributed by atoms with Crippen molar-refractivity contribution < 1.29 is 5.11 Å². The predicted molar refractivity (Wildman–Crippen MR) is 91.5 cm³/mol. The number of hydrogen-bond acceptors (Lipinski definition) is 4. The second-order valence-electron chi connectivity index (χ2n) is 5.90. The van der Waals surface area contributed by atoms with Gasteiger partial charge >= 0.3 is 0 Å². The van der Waals surface area contributed by atoms with Crippen molar-refractivity contribution >= 4 is 27.6 Å². The first-order chi connectivity index (χ1) is 10.6. The number of phenols is 1. The van der Waals surface area contributed by atoms with E-state index >= 15 is 0 Å². The van der Waals surface area contributed by atoms with Gasteiger partial charge in [0.2, 0.25) is 0 Å². The summed E-state index contributed by atoms with van der Waals surface area (Å²) in [5.41, 5.74) is 2.21. The van der Waals surface area contributed by atoms with Crippen LogP contribution in [0.1, 0.15) is 6.42 Å². The SMILES string of the molecule is CN(C)CCCNc1nccc2c1c1cc(O)ccc1n2C. The molecule has 116 valence electrons. The molecule has 0 spiro atoms. The zero-order valence-corrected chi connectivity index (χ0v) is 13.3. The summed E-state index contributed by atoms with van der Waals surface area (Å²) < 4.78 is 2.14. The lowest BCUT2D eigenvalue weighted by Crippen LogP contribution is -2.16. The number of aryl methyl sites for hydroxylation is 1. The average molecular weight is 298 g/mol. The fraction of sp³-hybridized carbons (Fsp3) is 0.353. The molecule has 2 heterocycles. The molecule has 0 fully saturated rings. The maximum Gasteiger partial charge on any atom is 0.136 e. The lowest BCUT2D eigenvalue weighted by molar-refractivity contribution is 0.405. The van der Waals surface area contributed by atoms with Gasteiger partial charge in [-0.25, -0.2) is 4.98 Å². The first-order valence-electron chi connectivity index (χ1n) is 7.52. The summed E-state index contributed by atoms with van der Waals surface area (Å²) >= 11 is 0. The Morgan fingerprint density at radius 1 is 1.23 bits per heavy atom. The standard InChI is InChI=1S/C17H22N4O/c1-20(2)10-4-8-18-17-16-13-11-12(22)5-6-14(13)21(3)15(16)7-9-19-17/h5-7,9,11,22H,4,8,10H2,1-3H3,(H,18,19). The van der Waals surface area contributed by atoms with Crippen LogP contribution in [-0.2, 0) is 7.05 Å². The molecule has 1 aromatic carbocycles. The summed E-state index contributed by atoms with van der Waals surface area (Å²) in [6.07, 6.45) is 2.89. The summed E-state index contributed by atoms with van der Waals surface area (Å²) in [6, 6.07) is 7.49. The molecule has 0 bridgehead atoms. The molecule has 0 unspecified atom stereocenters. The van der Waals surface area contributed by atoms with Gasteiger partial charge in [0, 0.05) is 30.7 Å². The minimum absolute atomic E-state index is 0.280. The fourth-order valence-electron chi connectivity index (χ4n) is 2.88. The molecule has 5 nitrogen and oxygen atoms in total. The first kappa shape index (κ1) is 14.7. The third-order valence-corrected chi connectivity index (χ3v) is 3.98. The smallest absolute Gasteiger partial charge is 0.136 e. The van der Waals surface area contributed by atoms with Crippen molar-refractivity contribution in [1.29, 1.82) is 0 Å². The second kappa shape index (κ2) is 5.85. The van der Waals surface area contributed by atoms with Crippen LogP contribution < -0.4 is 5.32 Å². The summed E-state index contributed by atoms with van der Waals surface area (Å²) in [7, 11) is 6.19. The molecule has 0 aliphatic rings. The Morgan fingerprint density at radius 2 is 2.05 bits per heavy atom. The third kappa shape index (κ3) is 2.60. The molecule has 0 radical (unpaired) electrons. The highest BCUT2D eigenvalue weighted by Crippen LogP contribution is 2.34. The number of benzene rings is 1. The summed E-state index contributed by atoms with van der Waals surface area (Å²) in [6.45, 7) is 1.92. The number of aromatic nitrogens is 2. The highest BCUT2D eigenvalue weighted by molar-refractivity contribution is 6.13. The van der Waals surface area contributed by atoms with E-state index in [-0.39, 0.29) is 5.75 Å². The number of anilines is 1. The molecule has 3 rings (SSSR count). The van der Waals surface area contributed by atoms with Gasteiger partial charge in [0.15, 0.2) is 0 Å². The maximum absolute atomic E-state index is 9.81. The van der Waals surface area contributed by atoms with Crippen LogP contribution in [0.4, 0.5) is 5.82 Å². The van der Waals surface area contributed by atoms with E-state index in [2.05, 4.69) is 33.9 Å². The van der Waals surface area contributed by atoms with Crippen LogP contribution in [0.2, 0.25) is 0 Å². The van der Waals surface area contributed by atoms with Crippen LogP contribution in [0.25, 0.3) is 21.8 Å². The number of phenolic OH excluding ortho intramolecular Hbond substituents is 1. The Labute approximate surface area is 130 Å². The molecule has 0 saturated heterocycles. The predicted octanol–water partition coefficient (Wildman–Crippen LogP) is 2.80. The van der Waals surface area contributed by atoms with Crippen molar-refractivity contribution in [1.82, 2.24) is 14.5 Å². The molecule has 22 heavy (non-hydrogen) atoms. The number of pyridine rings is 1. The molecule has 2 N–H and O–H groups in total. The van der Waals surface area contributed by atoms with E-state index in [1.54, 1.807) is 6.07 Å². The van der Waals surface area contributed by atoms with Crippen molar-refractivity contribution in [3.8, 4) is 5.75 Å². The second-order valence-corrected chi connectivity index (χ2v) is 5.90. The van der Waals surface area contributed by atoms with E-state index in [9.17, 15) is 5.11 Å². The van der Waals surface area contributed by atoms with E-state index in [1.807, 2.05) is 31.4 Å². The van der Waals surface area contributed by atoms with Crippen LogP contribution in [0.15, 0.2) is 30.5 Å². The van der Waals surface area contributed by atoms with Gasteiger partial charge in [0.25, 0.3) is 0 Å². The zero-order valence-electron chi connectivity index (χ0n) is 13.3. The number of fused-ring (bicyclic) bond motifs is 3. The van der Waals surface area contributed by atoms with Crippen LogP contribution in [0.5, 0.6) is 5.75 Å².